The van der Waals surface area contributed by atoms with Crippen LogP contribution >= 0.6 is 0 Å². The highest BCUT2D eigenvalue weighted by Gasteiger charge is 2.08. The monoisotopic (exact) mass is 374 g/mol. The number of aromatic nitrogens is 1. The number of nitrogens with two attached hydrogens (primary N) is 1. The highest BCUT2D eigenvalue weighted by atomic mass is 19.1. The number of rotatable bonds is 4. The van der Waals surface area contributed by atoms with Crippen molar-refractivity contribution >= 4 is 30.0 Å². The fourth-order valence-electron chi connectivity index (χ4n) is 2.71. The zero-order chi connectivity index (χ0) is 20.1. The summed E-state index contributed by atoms with van der Waals surface area (Å²) < 4.78 is 28.7. The van der Waals surface area contributed by atoms with E-state index >= 15 is 0 Å². The molecule has 0 saturated carbocycles. The zero-order valence-corrected chi connectivity index (χ0v) is 15.2. The van der Waals surface area contributed by atoms with Gasteiger partial charge < -0.3 is 5.73 Å². The molecule has 138 valence electrons. The Morgan fingerprint density at radius 3 is 2.00 bits per heavy atom. The van der Waals surface area contributed by atoms with Gasteiger partial charge >= 0.3 is 0 Å². The van der Waals surface area contributed by atoms with Crippen LogP contribution in [0.15, 0.2) is 54.6 Å². The topological polar surface area (TPSA) is 53.7 Å². The molecule has 5 heteroatoms. The molecule has 0 bridgehead atoms. The summed E-state index contributed by atoms with van der Waals surface area (Å²) in [6.45, 7) is 0. The molecule has 3 rings (SSSR count). The first-order chi connectivity index (χ1) is 13.5. The lowest BCUT2D eigenvalue weighted by molar-refractivity contribution is -0.675. The van der Waals surface area contributed by atoms with Crippen molar-refractivity contribution in [2.75, 3.05) is 5.73 Å². The van der Waals surface area contributed by atoms with Gasteiger partial charge in [-0.2, -0.15) is 9.83 Å². The number of anilines is 1. The normalized spacial score (nSPS) is 11.2. The van der Waals surface area contributed by atoms with E-state index in [1.807, 2.05) is 60.2 Å². The highest BCUT2D eigenvalue weighted by Crippen LogP contribution is 2.15. The van der Waals surface area contributed by atoms with Gasteiger partial charge in [0.2, 0.25) is 11.4 Å². The Labute approximate surface area is 162 Å². The molecule has 0 unspecified atom stereocenters. The van der Waals surface area contributed by atoms with E-state index in [0.29, 0.717) is 0 Å². The summed E-state index contributed by atoms with van der Waals surface area (Å²) in [5.74, 6) is -0.964. The van der Waals surface area contributed by atoms with Crippen LogP contribution in [0.2, 0.25) is 0 Å². The largest absolute Gasteiger partial charge is 0.396 e. The summed E-state index contributed by atoms with van der Waals surface area (Å²) in [6, 6.07) is 16.6. The summed E-state index contributed by atoms with van der Waals surface area (Å²) in [5.41, 5.74) is 9.12. The minimum absolute atomic E-state index is 0.0155. The van der Waals surface area contributed by atoms with Crippen molar-refractivity contribution in [1.82, 2.24) is 0 Å². The predicted molar refractivity (Wildman–Crippen MR) is 107 cm³/mol. The van der Waals surface area contributed by atoms with Crippen LogP contribution in [0.5, 0.6) is 0 Å². The third-order valence-corrected chi connectivity index (χ3v) is 4.33. The van der Waals surface area contributed by atoms with Gasteiger partial charge in [-0.3, -0.25) is 0 Å². The first kappa shape index (κ1) is 19.0. The molecule has 0 aliphatic heterocycles. The second kappa shape index (κ2) is 8.28. The van der Waals surface area contributed by atoms with E-state index in [-0.39, 0.29) is 11.3 Å². The van der Waals surface area contributed by atoms with Crippen molar-refractivity contribution in [3.63, 3.8) is 0 Å². The molecule has 0 saturated heterocycles. The number of nitrogens with zero attached hydrogens (tertiary/aromatic N) is 2. The SMILES string of the molecule is C[n+]1c(/C=C/c2ccc(F)c(N)c2)cccc1/C=C/c1ccc(F)c(C#N)c1. The second-order valence-electron chi connectivity index (χ2n) is 6.23. The number of benzene rings is 2. The lowest BCUT2D eigenvalue weighted by Gasteiger charge is -2.00. The van der Waals surface area contributed by atoms with Crippen LogP contribution in [0.3, 0.4) is 0 Å². The number of pyridine rings is 1. The van der Waals surface area contributed by atoms with Gasteiger partial charge in [0.15, 0.2) is 0 Å². The highest BCUT2D eigenvalue weighted by molar-refractivity contribution is 5.70. The maximum absolute atomic E-state index is 13.4. The quantitative estimate of drug-likeness (QED) is 0.537. The number of halogens is 2. The molecule has 2 aromatic carbocycles. The second-order valence-corrected chi connectivity index (χ2v) is 6.23. The van der Waals surface area contributed by atoms with Crippen LogP contribution < -0.4 is 10.3 Å². The molecule has 1 heterocycles. The van der Waals surface area contributed by atoms with Gasteiger partial charge in [0.25, 0.3) is 0 Å². The zero-order valence-electron chi connectivity index (χ0n) is 15.2. The molecule has 0 aliphatic rings. The third-order valence-electron chi connectivity index (χ3n) is 4.33. The summed E-state index contributed by atoms with van der Waals surface area (Å²) >= 11 is 0. The van der Waals surface area contributed by atoms with Gasteiger partial charge in [0.05, 0.1) is 11.3 Å². The summed E-state index contributed by atoms with van der Waals surface area (Å²) in [6.07, 6.45) is 7.49. The molecule has 0 amide bonds. The Bertz CT molecular complexity index is 1130. The average Bonchev–Trinajstić information content (AvgIpc) is 2.69. The van der Waals surface area contributed by atoms with Gasteiger partial charge in [-0.15, -0.1) is 0 Å². The molecule has 0 aliphatic carbocycles. The Hall–Kier alpha value is -3.78. The van der Waals surface area contributed by atoms with E-state index < -0.39 is 11.6 Å². The maximum Gasteiger partial charge on any atom is 0.205 e. The number of hydrogen-bond donors (Lipinski definition) is 1. The van der Waals surface area contributed by atoms with Crippen LogP contribution in [-0.4, -0.2) is 0 Å². The van der Waals surface area contributed by atoms with Crippen LogP contribution in [0, 0.1) is 23.0 Å². The van der Waals surface area contributed by atoms with E-state index in [2.05, 4.69) is 0 Å². The smallest absolute Gasteiger partial charge is 0.205 e. The summed E-state index contributed by atoms with van der Waals surface area (Å²) in [4.78, 5) is 0. The lowest BCUT2D eigenvalue weighted by atomic mass is 10.1. The van der Waals surface area contributed by atoms with Crippen LogP contribution in [0.25, 0.3) is 24.3 Å². The summed E-state index contributed by atoms with van der Waals surface area (Å²) in [5, 5.41) is 8.94. The average molecular weight is 374 g/mol. The molecule has 3 aromatic rings. The van der Waals surface area contributed by atoms with E-state index in [9.17, 15) is 8.78 Å². The fourth-order valence-corrected chi connectivity index (χ4v) is 2.71. The van der Waals surface area contributed by atoms with Crippen LogP contribution in [0.1, 0.15) is 28.1 Å². The molecule has 0 spiro atoms. The number of nitrogen functional groups attached to an aromatic ring is 1. The number of nitriles is 1. The minimum Gasteiger partial charge on any atom is -0.396 e. The van der Waals surface area contributed by atoms with Crippen molar-refractivity contribution < 1.29 is 13.3 Å². The standard InChI is InChI=1S/C23H18F2N3/c1-28-19(9-5-16-7-11-21(24)18(13-16)15-26)3-2-4-20(28)10-6-17-8-12-22(25)23(27)14-17/h2-14H,27H2,1H3/q+1/b9-5+,10-6+. The lowest BCUT2D eigenvalue weighted by Crippen LogP contribution is -2.35. The molecule has 0 radical (unpaired) electrons. The maximum atomic E-state index is 13.4. The van der Waals surface area contributed by atoms with Crippen LogP contribution in [0.4, 0.5) is 14.5 Å². The van der Waals surface area contributed by atoms with Gasteiger partial charge in [0.1, 0.15) is 24.8 Å². The van der Waals surface area contributed by atoms with Crippen molar-refractivity contribution in [1.29, 1.82) is 5.26 Å². The minimum atomic E-state index is -0.529. The van der Waals surface area contributed by atoms with E-state index in [0.717, 1.165) is 22.5 Å². The Kier molecular flexibility index (Phi) is 5.61. The molecular formula is C23H18F2N3+. The van der Waals surface area contributed by atoms with Gasteiger partial charge in [-0.05, 0) is 53.6 Å². The Morgan fingerprint density at radius 1 is 0.857 bits per heavy atom. The molecule has 2 N–H and O–H groups in total. The molecule has 3 nitrogen and oxygen atoms in total. The fraction of sp³-hybridized carbons (Fsp3) is 0.0435. The molecule has 1 aromatic heterocycles. The van der Waals surface area contributed by atoms with Gasteiger partial charge in [-0.1, -0.05) is 12.1 Å². The summed E-state index contributed by atoms with van der Waals surface area (Å²) in [7, 11) is 1.92. The third kappa shape index (κ3) is 4.30. The first-order valence-electron chi connectivity index (χ1n) is 8.58. The van der Waals surface area contributed by atoms with Crippen molar-refractivity contribution in [3.05, 3.63) is 94.3 Å². The van der Waals surface area contributed by atoms with E-state index in [1.165, 1.54) is 18.2 Å². The molecular weight excluding hydrogens is 356 g/mol. The van der Waals surface area contributed by atoms with Crippen molar-refractivity contribution in [2.45, 2.75) is 0 Å². The van der Waals surface area contributed by atoms with Crippen molar-refractivity contribution in [3.8, 4) is 6.07 Å². The molecule has 28 heavy (non-hydrogen) atoms. The van der Waals surface area contributed by atoms with Gasteiger partial charge in [0, 0.05) is 24.3 Å². The Balaban J connectivity index is 1.85. The predicted octanol–water partition coefficient (Wildman–Crippen LogP) is 4.58. The molecule has 0 fully saturated rings. The van der Waals surface area contributed by atoms with E-state index in [1.54, 1.807) is 18.2 Å². The number of hydrogen-bond acceptors (Lipinski definition) is 2. The van der Waals surface area contributed by atoms with E-state index in [4.69, 9.17) is 11.0 Å². The molecule has 0 atom stereocenters. The van der Waals surface area contributed by atoms with Gasteiger partial charge in [-0.25, -0.2) is 8.78 Å². The van der Waals surface area contributed by atoms with Crippen molar-refractivity contribution in [2.24, 2.45) is 7.05 Å². The first-order valence-corrected chi connectivity index (χ1v) is 8.58. The van der Waals surface area contributed by atoms with Crippen LogP contribution in [-0.2, 0) is 7.05 Å². The Morgan fingerprint density at radius 2 is 1.43 bits per heavy atom.